The predicted octanol–water partition coefficient (Wildman–Crippen LogP) is 4.66. The standard InChI is InChI=1S/C19H20N4O2S2/c1-12(2)18-22-23-19(27-18)21-17(24)8-7-14-5-4-6-16(9-14)25-10-15-11-26-13(3)20-15/h4-9,11-12H,10H2,1-3H3,(H,21,23,24)/b8-7+. The summed E-state index contributed by atoms with van der Waals surface area (Å²) in [5, 5.41) is 15.2. The van der Waals surface area contributed by atoms with E-state index >= 15 is 0 Å². The first-order valence-corrected chi connectivity index (χ1v) is 10.2. The van der Waals surface area contributed by atoms with Crippen LogP contribution in [0.15, 0.2) is 35.7 Å². The first-order chi connectivity index (χ1) is 13.0. The van der Waals surface area contributed by atoms with Gasteiger partial charge in [-0.05, 0) is 30.7 Å². The third kappa shape index (κ3) is 5.70. The molecule has 1 N–H and O–H groups in total. The fraction of sp³-hybridized carbons (Fsp3) is 0.263. The van der Waals surface area contributed by atoms with E-state index in [0.29, 0.717) is 17.7 Å². The molecule has 0 unspecified atom stereocenters. The Morgan fingerprint density at radius 1 is 1.33 bits per heavy atom. The maximum atomic E-state index is 12.1. The lowest BCUT2D eigenvalue weighted by Gasteiger charge is -2.05. The summed E-state index contributed by atoms with van der Waals surface area (Å²) in [5.74, 6) is 0.777. The third-order valence-corrected chi connectivity index (χ3v) is 5.46. The minimum Gasteiger partial charge on any atom is -0.487 e. The molecule has 0 aliphatic rings. The highest BCUT2D eigenvalue weighted by atomic mass is 32.1. The molecule has 0 spiro atoms. The van der Waals surface area contributed by atoms with Crippen molar-refractivity contribution >= 4 is 39.8 Å². The molecule has 0 bridgehead atoms. The number of ether oxygens (including phenoxy) is 1. The molecule has 0 radical (unpaired) electrons. The summed E-state index contributed by atoms with van der Waals surface area (Å²) in [7, 11) is 0. The molecule has 2 aromatic heterocycles. The van der Waals surface area contributed by atoms with Crippen LogP contribution in [0, 0.1) is 6.92 Å². The molecular formula is C19H20N4O2S2. The Bertz CT molecular complexity index is 947. The van der Waals surface area contributed by atoms with Crippen LogP contribution in [0.4, 0.5) is 5.13 Å². The minimum atomic E-state index is -0.245. The summed E-state index contributed by atoms with van der Waals surface area (Å²) in [6, 6.07) is 7.56. The molecular weight excluding hydrogens is 380 g/mol. The van der Waals surface area contributed by atoms with Gasteiger partial charge in [-0.2, -0.15) is 0 Å². The average molecular weight is 401 g/mol. The number of anilines is 1. The summed E-state index contributed by atoms with van der Waals surface area (Å²) in [5.41, 5.74) is 1.79. The first kappa shape index (κ1) is 19.2. The summed E-state index contributed by atoms with van der Waals surface area (Å²) in [6.07, 6.45) is 3.21. The van der Waals surface area contributed by atoms with E-state index in [1.807, 2.05) is 50.4 Å². The van der Waals surface area contributed by atoms with Gasteiger partial charge in [0, 0.05) is 17.4 Å². The van der Waals surface area contributed by atoms with E-state index in [1.165, 1.54) is 17.4 Å². The van der Waals surface area contributed by atoms with E-state index < -0.39 is 0 Å². The number of hydrogen-bond acceptors (Lipinski definition) is 7. The number of aromatic nitrogens is 3. The monoisotopic (exact) mass is 400 g/mol. The van der Waals surface area contributed by atoms with Crippen LogP contribution in [0.2, 0.25) is 0 Å². The highest BCUT2D eigenvalue weighted by Gasteiger charge is 2.09. The normalized spacial score (nSPS) is 11.3. The van der Waals surface area contributed by atoms with E-state index in [0.717, 1.165) is 27.0 Å². The van der Waals surface area contributed by atoms with Crippen LogP contribution >= 0.6 is 22.7 Å². The van der Waals surface area contributed by atoms with Gasteiger partial charge >= 0.3 is 0 Å². The van der Waals surface area contributed by atoms with Crippen molar-refractivity contribution in [2.75, 3.05) is 5.32 Å². The minimum absolute atomic E-state index is 0.245. The Morgan fingerprint density at radius 2 is 2.19 bits per heavy atom. The molecule has 140 valence electrons. The van der Waals surface area contributed by atoms with Gasteiger partial charge < -0.3 is 4.74 Å². The lowest BCUT2D eigenvalue weighted by atomic mass is 10.2. The van der Waals surface area contributed by atoms with Gasteiger partial charge in [0.1, 0.15) is 17.4 Å². The highest BCUT2D eigenvalue weighted by Crippen LogP contribution is 2.22. The second kappa shape index (κ2) is 8.88. The van der Waals surface area contributed by atoms with Gasteiger partial charge in [-0.15, -0.1) is 21.5 Å². The Labute approximate surface area is 166 Å². The summed E-state index contributed by atoms with van der Waals surface area (Å²) in [4.78, 5) is 16.4. The van der Waals surface area contributed by atoms with Crippen LogP contribution in [0.5, 0.6) is 5.75 Å². The van der Waals surface area contributed by atoms with Crippen LogP contribution in [0.25, 0.3) is 6.08 Å². The summed E-state index contributed by atoms with van der Waals surface area (Å²) in [6.45, 7) is 6.47. The van der Waals surface area contributed by atoms with Crippen molar-refractivity contribution in [3.05, 3.63) is 57.0 Å². The van der Waals surface area contributed by atoms with E-state index in [1.54, 1.807) is 17.4 Å². The Balaban J connectivity index is 1.56. The first-order valence-electron chi connectivity index (χ1n) is 8.46. The van der Waals surface area contributed by atoms with Crippen molar-refractivity contribution in [3.63, 3.8) is 0 Å². The molecule has 0 atom stereocenters. The van der Waals surface area contributed by atoms with Crippen LogP contribution in [0.1, 0.15) is 41.0 Å². The largest absolute Gasteiger partial charge is 0.487 e. The zero-order valence-electron chi connectivity index (χ0n) is 15.3. The Kier molecular flexibility index (Phi) is 6.31. The van der Waals surface area contributed by atoms with Crippen molar-refractivity contribution in [2.24, 2.45) is 0 Å². The predicted molar refractivity (Wildman–Crippen MR) is 109 cm³/mol. The van der Waals surface area contributed by atoms with Crippen LogP contribution in [-0.2, 0) is 11.4 Å². The number of carbonyl (C=O) groups excluding carboxylic acids is 1. The molecule has 1 aromatic carbocycles. The van der Waals surface area contributed by atoms with Gasteiger partial charge in [0.05, 0.1) is 10.7 Å². The van der Waals surface area contributed by atoms with Gasteiger partial charge in [-0.3, -0.25) is 10.1 Å². The fourth-order valence-electron chi connectivity index (χ4n) is 2.18. The maximum Gasteiger partial charge on any atom is 0.250 e. The third-order valence-electron chi connectivity index (χ3n) is 3.50. The zero-order valence-corrected chi connectivity index (χ0v) is 16.9. The number of rotatable bonds is 7. The Hall–Kier alpha value is -2.58. The molecule has 0 aliphatic heterocycles. The number of nitrogens with zero attached hydrogens (tertiary/aromatic N) is 3. The van der Waals surface area contributed by atoms with E-state index in [2.05, 4.69) is 20.5 Å². The molecule has 0 saturated carbocycles. The van der Waals surface area contributed by atoms with Crippen molar-refractivity contribution < 1.29 is 9.53 Å². The number of hydrogen-bond donors (Lipinski definition) is 1. The van der Waals surface area contributed by atoms with Gasteiger partial charge in [0.25, 0.3) is 0 Å². The number of carbonyl (C=O) groups is 1. The van der Waals surface area contributed by atoms with Gasteiger partial charge in [-0.1, -0.05) is 37.3 Å². The van der Waals surface area contributed by atoms with Crippen LogP contribution < -0.4 is 10.1 Å². The SMILES string of the molecule is Cc1nc(COc2cccc(/C=C/C(=O)Nc3nnc(C(C)C)s3)c2)cs1. The molecule has 3 rings (SSSR count). The quantitative estimate of drug-likeness (QED) is 0.584. The smallest absolute Gasteiger partial charge is 0.250 e. The van der Waals surface area contributed by atoms with Gasteiger partial charge in [0.2, 0.25) is 11.0 Å². The van der Waals surface area contributed by atoms with Crippen molar-refractivity contribution in [3.8, 4) is 5.75 Å². The number of aryl methyl sites for hydroxylation is 1. The molecule has 1 amide bonds. The topological polar surface area (TPSA) is 77.0 Å². The lowest BCUT2D eigenvalue weighted by molar-refractivity contribution is -0.111. The van der Waals surface area contributed by atoms with Crippen molar-refractivity contribution in [1.29, 1.82) is 0 Å². The van der Waals surface area contributed by atoms with Gasteiger partial charge in [-0.25, -0.2) is 4.98 Å². The molecule has 2 heterocycles. The van der Waals surface area contributed by atoms with E-state index in [-0.39, 0.29) is 5.91 Å². The number of benzene rings is 1. The number of nitrogens with one attached hydrogen (secondary N) is 1. The molecule has 8 heteroatoms. The van der Waals surface area contributed by atoms with Gasteiger partial charge in [0.15, 0.2) is 0 Å². The van der Waals surface area contributed by atoms with E-state index in [4.69, 9.17) is 4.74 Å². The molecule has 3 aromatic rings. The molecule has 0 saturated heterocycles. The lowest BCUT2D eigenvalue weighted by Crippen LogP contribution is -2.07. The molecule has 0 aliphatic carbocycles. The van der Waals surface area contributed by atoms with Crippen molar-refractivity contribution in [1.82, 2.24) is 15.2 Å². The average Bonchev–Trinajstić information content (AvgIpc) is 3.28. The summed E-state index contributed by atoms with van der Waals surface area (Å²) >= 11 is 2.99. The Morgan fingerprint density at radius 3 is 2.89 bits per heavy atom. The molecule has 6 nitrogen and oxygen atoms in total. The van der Waals surface area contributed by atoms with Crippen LogP contribution in [0.3, 0.4) is 0 Å². The van der Waals surface area contributed by atoms with E-state index in [9.17, 15) is 4.79 Å². The zero-order chi connectivity index (χ0) is 19.2. The second-order valence-corrected chi connectivity index (χ2v) is 8.21. The fourth-order valence-corrected chi connectivity index (χ4v) is 3.52. The van der Waals surface area contributed by atoms with Crippen molar-refractivity contribution in [2.45, 2.75) is 33.3 Å². The number of thiazole rings is 1. The second-order valence-electron chi connectivity index (χ2n) is 6.14. The highest BCUT2D eigenvalue weighted by molar-refractivity contribution is 7.15. The summed E-state index contributed by atoms with van der Waals surface area (Å²) < 4.78 is 5.77. The molecule has 0 fully saturated rings. The number of amides is 1. The molecule has 27 heavy (non-hydrogen) atoms. The maximum absolute atomic E-state index is 12.1. The van der Waals surface area contributed by atoms with Crippen LogP contribution in [-0.4, -0.2) is 21.1 Å².